The lowest BCUT2D eigenvalue weighted by Gasteiger charge is -2.10. The maximum Gasteiger partial charge on any atom is 0.303 e. The number of hydrogen-bond acceptors (Lipinski definition) is 3. The van der Waals surface area contributed by atoms with Crippen molar-refractivity contribution in [2.45, 2.75) is 17.7 Å². The second-order valence-electron chi connectivity index (χ2n) is 7.16. The predicted octanol–water partition coefficient (Wildman–Crippen LogP) is 5.49. The molecule has 0 saturated heterocycles. The molecule has 164 valence electrons. The molecule has 1 heterocycles. The number of nitrogens with zero attached hydrogens (tertiary/aromatic N) is 1. The van der Waals surface area contributed by atoms with Crippen molar-refractivity contribution in [3.63, 3.8) is 0 Å². The van der Waals surface area contributed by atoms with Crippen molar-refractivity contribution in [3.8, 4) is 11.1 Å². The minimum absolute atomic E-state index is 0.0447. The first kappa shape index (κ1) is 22.0. The topological polar surface area (TPSA) is 76.4 Å². The van der Waals surface area contributed by atoms with E-state index in [9.17, 15) is 22.0 Å². The SMILES string of the molecule is O=C(O)CCc1cn(S(=O)(=O)c2cccc(-c3ccc(F)cc3Cl)c2)c2ccc(F)cc12. The van der Waals surface area contributed by atoms with E-state index in [1.165, 1.54) is 42.6 Å². The number of carboxylic acids is 1. The van der Waals surface area contributed by atoms with E-state index in [1.807, 2.05) is 0 Å². The summed E-state index contributed by atoms with van der Waals surface area (Å²) in [6.45, 7) is 0. The summed E-state index contributed by atoms with van der Waals surface area (Å²) in [5, 5.41) is 9.45. The van der Waals surface area contributed by atoms with Gasteiger partial charge < -0.3 is 5.11 Å². The molecule has 32 heavy (non-hydrogen) atoms. The zero-order chi connectivity index (χ0) is 23.0. The zero-order valence-electron chi connectivity index (χ0n) is 16.4. The van der Waals surface area contributed by atoms with Crippen LogP contribution in [-0.4, -0.2) is 23.5 Å². The molecule has 0 spiro atoms. The highest BCUT2D eigenvalue weighted by atomic mass is 35.5. The summed E-state index contributed by atoms with van der Waals surface area (Å²) >= 11 is 6.13. The minimum atomic E-state index is -4.12. The van der Waals surface area contributed by atoms with Crippen molar-refractivity contribution >= 4 is 38.5 Å². The Balaban J connectivity index is 1.84. The van der Waals surface area contributed by atoms with Crippen LogP contribution in [0.4, 0.5) is 8.78 Å². The van der Waals surface area contributed by atoms with Gasteiger partial charge in [-0.05, 0) is 66.1 Å². The first-order chi connectivity index (χ1) is 15.2. The highest BCUT2D eigenvalue weighted by Gasteiger charge is 2.22. The number of hydrogen-bond donors (Lipinski definition) is 1. The van der Waals surface area contributed by atoms with Crippen LogP contribution in [0.2, 0.25) is 5.02 Å². The third-order valence-electron chi connectivity index (χ3n) is 5.06. The molecule has 0 amide bonds. The van der Waals surface area contributed by atoms with Gasteiger partial charge in [-0.15, -0.1) is 0 Å². The monoisotopic (exact) mass is 475 g/mol. The maximum atomic E-state index is 13.8. The molecule has 0 unspecified atom stereocenters. The van der Waals surface area contributed by atoms with Crippen LogP contribution in [0.15, 0.2) is 71.8 Å². The summed E-state index contributed by atoms with van der Waals surface area (Å²) in [7, 11) is -4.12. The maximum absolute atomic E-state index is 13.8. The second-order valence-corrected chi connectivity index (χ2v) is 9.38. The number of aliphatic carboxylic acids is 1. The van der Waals surface area contributed by atoms with Gasteiger partial charge in [0.1, 0.15) is 11.6 Å². The Labute approximate surface area is 187 Å². The highest BCUT2D eigenvalue weighted by molar-refractivity contribution is 7.90. The molecule has 0 saturated carbocycles. The van der Waals surface area contributed by atoms with Crippen molar-refractivity contribution in [1.29, 1.82) is 0 Å². The van der Waals surface area contributed by atoms with Gasteiger partial charge in [0.15, 0.2) is 0 Å². The molecular weight excluding hydrogens is 460 g/mol. The summed E-state index contributed by atoms with van der Waals surface area (Å²) in [5.74, 6) is -2.12. The van der Waals surface area contributed by atoms with Crippen LogP contribution >= 0.6 is 11.6 Å². The molecule has 4 aromatic rings. The lowest BCUT2D eigenvalue weighted by atomic mass is 10.1. The normalized spacial score (nSPS) is 11.7. The molecule has 0 aliphatic rings. The Hall–Kier alpha value is -3.23. The first-order valence-corrected chi connectivity index (χ1v) is 11.3. The Morgan fingerprint density at radius 3 is 2.44 bits per heavy atom. The van der Waals surface area contributed by atoms with Crippen molar-refractivity contribution in [1.82, 2.24) is 3.97 Å². The van der Waals surface area contributed by atoms with Gasteiger partial charge in [0.05, 0.1) is 15.4 Å². The Bertz CT molecular complexity index is 1460. The number of fused-ring (bicyclic) bond motifs is 1. The molecule has 0 atom stereocenters. The number of halogens is 3. The number of carboxylic acid groups (broad SMARTS) is 1. The van der Waals surface area contributed by atoms with E-state index in [4.69, 9.17) is 16.7 Å². The number of rotatable bonds is 6. The summed E-state index contributed by atoms with van der Waals surface area (Å²) in [6, 6.07) is 13.5. The Morgan fingerprint density at radius 1 is 1.00 bits per heavy atom. The van der Waals surface area contributed by atoms with E-state index in [0.29, 0.717) is 22.1 Å². The molecule has 4 rings (SSSR count). The van der Waals surface area contributed by atoms with Crippen LogP contribution < -0.4 is 0 Å². The lowest BCUT2D eigenvalue weighted by molar-refractivity contribution is -0.136. The van der Waals surface area contributed by atoms with E-state index in [2.05, 4.69) is 0 Å². The summed E-state index contributed by atoms with van der Waals surface area (Å²) < 4.78 is 55.2. The van der Waals surface area contributed by atoms with E-state index < -0.39 is 27.6 Å². The van der Waals surface area contributed by atoms with Gasteiger partial charge in [-0.3, -0.25) is 4.79 Å². The van der Waals surface area contributed by atoms with Crippen LogP contribution in [0, 0.1) is 11.6 Å². The average Bonchev–Trinajstić information content (AvgIpc) is 3.11. The standard InChI is InChI=1S/C23H16ClF2NO4S/c24-21-12-17(26)5-7-19(21)14-2-1-3-18(10-14)32(30,31)27-13-15(4-9-23(28)29)20-11-16(25)6-8-22(20)27/h1-3,5-8,10-13H,4,9H2,(H,28,29). The molecule has 0 bridgehead atoms. The Morgan fingerprint density at radius 2 is 1.72 bits per heavy atom. The van der Waals surface area contributed by atoms with Crippen LogP contribution in [0.1, 0.15) is 12.0 Å². The summed E-state index contributed by atoms with van der Waals surface area (Å²) in [6.07, 6.45) is 1.14. The van der Waals surface area contributed by atoms with Gasteiger partial charge in [0.2, 0.25) is 0 Å². The fourth-order valence-electron chi connectivity index (χ4n) is 3.54. The van der Waals surface area contributed by atoms with E-state index in [0.717, 1.165) is 16.1 Å². The second kappa shape index (κ2) is 8.37. The minimum Gasteiger partial charge on any atom is -0.481 e. The van der Waals surface area contributed by atoms with Crippen molar-refractivity contribution in [3.05, 3.63) is 89.1 Å². The van der Waals surface area contributed by atoms with Gasteiger partial charge in [-0.2, -0.15) is 0 Å². The first-order valence-electron chi connectivity index (χ1n) is 9.49. The van der Waals surface area contributed by atoms with Crippen LogP contribution in [0.5, 0.6) is 0 Å². The van der Waals surface area contributed by atoms with Crippen LogP contribution in [0.3, 0.4) is 0 Å². The lowest BCUT2D eigenvalue weighted by Crippen LogP contribution is -2.12. The molecule has 0 fully saturated rings. The predicted molar refractivity (Wildman–Crippen MR) is 117 cm³/mol. The van der Waals surface area contributed by atoms with E-state index in [1.54, 1.807) is 12.1 Å². The molecule has 0 aliphatic heterocycles. The fraction of sp³-hybridized carbons (Fsp3) is 0.0870. The zero-order valence-corrected chi connectivity index (χ0v) is 18.0. The number of aryl methyl sites for hydroxylation is 1. The van der Waals surface area contributed by atoms with Gasteiger partial charge >= 0.3 is 5.97 Å². The average molecular weight is 476 g/mol. The van der Waals surface area contributed by atoms with E-state index in [-0.39, 0.29) is 28.3 Å². The molecular formula is C23H16ClF2NO4S. The summed E-state index contributed by atoms with van der Waals surface area (Å²) in [4.78, 5) is 10.9. The smallest absolute Gasteiger partial charge is 0.303 e. The van der Waals surface area contributed by atoms with Crippen molar-refractivity contribution < 1.29 is 27.1 Å². The summed E-state index contributed by atoms with van der Waals surface area (Å²) in [5.41, 5.74) is 1.58. The number of carbonyl (C=O) groups is 1. The molecule has 0 aliphatic carbocycles. The van der Waals surface area contributed by atoms with Crippen LogP contribution in [-0.2, 0) is 21.2 Å². The highest BCUT2D eigenvalue weighted by Crippen LogP contribution is 2.32. The number of aromatic nitrogens is 1. The van der Waals surface area contributed by atoms with Gasteiger partial charge in [0, 0.05) is 23.6 Å². The van der Waals surface area contributed by atoms with Crippen LogP contribution in [0.25, 0.3) is 22.0 Å². The fourth-order valence-corrected chi connectivity index (χ4v) is 5.25. The quantitative estimate of drug-likeness (QED) is 0.400. The van der Waals surface area contributed by atoms with Gasteiger partial charge in [-0.25, -0.2) is 21.2 Å². The van der Waals surface area contributed by atoms with Crippen molar-refractivity contribution in [2.75, 3.05) is 0 Å². The largest absolute Gasteiger partial charge is 0.481 e. The van der Waals surface area contributed by atoms with E-state index >= 15 is 0 Å². The number of benzene rings is 3. The molecule has 3 aromatic carbocycles. The van der Waals surface area contributed by atoms with Crippen molar-refractivity contribution in [2.24, 2.45) is 0 Å². The molecule has 0 radical (unpaired) electrons. The van der Waals surface area contributed by atoms with Gasteiger partial charge in [-0.1, -0.05) is 23.7 Å². The Kier molecular flexibility index (Phi) is 5.75. The molecule has 5 nitrogen and oxygen atoms in total. The van der Waals surface area contributed by atoms with Gasteiger partial charge in [0.25, 0.3) is 10.0 Å². The third-order valence-corrected chi connectivity index (χ3v) is 7.04. The molecule has 1 N–H and O–H groups in total. The molecule has 9 heteroatoms. The third kappa shape index (κ3) is 4.11. The molecule has 1 aromatic heterocycles.